The van der Waals surface area contributed by atoms with Gasteiger partial charge in [-0.15, -0.1) is 0 Å². The molecule has 0 unspecified atom stereocenters. The molecule has 10 nitrogen and oxygen atoms in total. The first-order chi connectivity index (χ1) is 19.6. The Kier molecular flexibility index (Phi) is 8.20. The summed E-state index contributed by atoms with van der Waals surface area (Å²) in [6.45, 7) is 3.77. The number of aliphatic hydroxyl groups excluding tert-OH is 1. The molecular weight excluding hydrogens is 556 g/mol. The van der Waals surface area contributed by atoms with Crippen molar-refractivity contribution in [2.45, 2.75) is 41.9 Å². The van der Waals surface area contributed by atoms with Crippen molar-refractivity contribution in [3.8, 4) is 11.4 Å². The summed E-state index contributed by atoms with van der Waals surface area (Å²) < 4.78 is 59.7. The van der Waals surface area contributed by atoms with Gasteiger partial charge in [0.25, 0.3) is 0 Å². The highest BCUT2D eigenvalue weighted by Crippen LogP contribution is 2.55. The molecule has 218 valence electrons. The third-order valence-corrected chi connectivity index (χ3v) is 9.73. The number of aliphatic hydroxyl groups is 1. The lowest BCUT2D eigenvalue weighted by Crippen LogP contribution is -2.44. The van der Waals surface area contributed by atoms with Gasteiger partial charge in [-0.3, -0.25) is 0 Å². The summed E-state index contributed by atoms with van der Waals surface area (Å²) in [5, 5.41) is 14.2. The van der Waals surface area contributed by atoms with Gasteiger partial charge in [-0.25, -0.2) is 32.0 Å². The number of hydrogen-bond donors (Lipinski definition) is 3. The molecule has 1 atom stereocenters. The van der Waals surface area contributed by atoms with Crippen LogP contribution in [-0.4, -0.2) is 68.5 Å². The number of sulfone groups is 1. The third kappa shape index (κ3) is 6.02. The lowest BCUT2D eigenvalue weighted by atomic mass is 10.1. The van der Waals surface area contributed by atoms with E-state index in [-0.39, 0.29) is 37.0 Å². The molecule has 2 amide bonds. The number of carbonyl (C=O) groups excluding carboxylic acids is 1. The Hall–Kier alpha value is -3.68. The highest BCUT2D eigenvalue weighted by molar-refractivity contribution is 7.92. The maximum atomic E-state index is 14.0. The van der Waals surface area contributed by atoms with Crippen molar-refractivity contribution >= 4 is 27.4 Å². The van der Waals surface area contributed by atoms with E-state index in [0.717, 1.165) is 12.1 Å². The Morgan fingerprint density at radius 2 is 1.83 bits per heavy atom. The lowest BCUT2D eigenvalue weighted by molar-refractivity contribution is 0.0985. The van der Waals surface area contributed by atoms with E-state index in [2.05, 4.69) is 15.6 Å². The summed E-state index contributed by atoms with van der Waals surface area (Å²) in [7, 11) is -4.20. The predicted octanol–water partition coefficient (Wildman–Crippen LogP) is 3.61. The number of amides is 2. The number of hydrogen-bond acceptors (Lipinski definition) is 8. The van der Waals surface area contributed by atoms with E-state index in [0.29, 0.717) is 55.9 Å². The number of aromatic nitrogens is 2. The van der Waals surface area contributed by atoms with Gasteiger partial charge in [0.2, 0.25) is 0 Å². The van der Waals surface area contributed by atoms with Crippen molar-refractivity contribution in [2.24, 2.45) is 0 Å². The van der Waals surface area contributed by atoms with Gasteiger partial charge in [0.05, 0.1) is 29.8 Å². The second kappa shape index (κ2) is 11.7. The van der Waals surface area contributed by atoms with Crippen LogP contribution in [0.4, 0.5) is 25.1 Å². The van der Waals surface area contributed by atoms with E-state index < -0.39 is 37.1 Å². The number of nitrogens with zero attached hydrogens (tertiary/aromatic N) is 3. The predicted molar refractivity (Wildman–Crippen MR) is 148 cm³/mol. The monoisotopic (exact) mass is 587 g/mol. The van der Waals surface area contributed by atoms with Crippen molar-refractivity contribution in [2.75, 3.05) is 43.1 Å². The van der Waals surface area contributed by atoms with Crippen LogP contribution >= 0.6 is 0 Å². The second-order valence-electron chi connectivity index (χ2n) is 10.2. The average Bonchev–Trinajstić information content (AvgIpc) is 3.76. The second-order valence-corrected chi connectivity index (χ2v) is 12.5. The minimum absolute atomic E-state index is 0.0268. The van der Waals surface area contributed by atoms with Crippen molar-refractivity contribution < 1.29 is 31.8 Å². The van der Waals surface area contributed by atoms with Crippen LogP contribution in [0, 0.1) is 11.6 Å². The fraction of sp³-hybridized carbons (Fsp3) is 0.393. The molecule has 41 heavy (non-hydrogen) atoms. The number of carbonyl (C=O) groups is 1. The maximum absolute atomic E-state index is 14.0. The van der Waals surface area contributed by atoms with Crippen LogP contribution in [0.2, 0.25) is 0 Å². The molecule has 1 saturated heterocycles. The molecule has 2 aliphatic rings. The van der Waals surface area contributed by atoms with E-state index in [1.54, 1.807) is 30.3 Å². The van der Waals surface area contributed by atoms with Gasteiger partial charge in [-0.05, 0) is 62.6 Å². The van der Waals surface area contributed by atoms with Gasteiger partial charge in [0, 0.05) is 43.1 Å². The molecule has 2 aromatic carbocycles. The molecule has 0 bridgehead atoms. The quantitative estimate of drug-likeness (QED) is 0.324. The number of morpholine rings is 1. The summed E-state index contributed by atoms with van der Waals surface area (Å²) in [5.41, 5.74) is 1.36. The SMILES string of the molecule is C[C@H]1COCCN1c1cc(C2(S(=O)(=O)c3cc(F)cc(F)c3)CC2)nc(-c2ccc(NC(=O)NCCCO)cc2)n1. The van der Waals surface area contributed by atoms with Crippen molar-refractivity contribution in [3.05, 3.63) is 65.9 Å². The van der Waals surface area contributed by atoms with E-state index in [9.17, 15) is 22.0 Å². The minimum atomic E-state index is -4.20. The van der Waals surface area contributed by atoms with Crippen molar-refractivity contribution in [1.82, 2.24) is 15.3 Å². The van der Waals surface area contributed by atoms with E-state index in [4.69, 9.17) is 14.8 Å². The van der Waals surface area contributed by atoms with Gasteiger partial charge in [0.15, 0.2) is 15.7 Å². The first-order valence-electron chi connectivity index (χ1n) is 13.3. The van der Waals surface area contributed by atoms with E-state index in [1.807, 2.05) is 11.8 Å². The number of nitrogens with one attached hydrogen (secondary N) is 2. The molecular formula is C28H31F2N5O5S. The van der Waals surface area contributed by atoms with Crippen LogP contribution in [0.15, 0.2) is 53.4 Å². The number of anilines is 2. The number of benzene rings is 2. The molecule has 5 rings (SSSR count). The van der Waals surface area contributed by atoms with Crippen LogP contribution in [0.25, 0.3) is 11.4 Å². The number of rotatable bonds is 9. The number of halogens is 2. The molecule has 3 aromatic rings. The molecule has 3 N–H and O–H groups in total. The highest BCUT2D eigenvalue weighted by Gasteiger charge is 2.58. The van der Waals surface area contributed by atoms with Gasteiger partial charge in [0.1, 0.15) is 22.2 Å². The molecule has 1 aromatic heterocycles. The fourth-order valence-corrected chi connectivity index (χ4v) is 6.86. The molecule has 1 aliphatic carbocycles. The topological polar surface area (TPSA) is 134 Å². The average molecular weight is 588 g/mol. The standard InChI is InChI=1S/C28H31F2N5O5S/c1-18-17-40-12-10-35(18)25-16-24(28(7-8-28)41(38,39)23-14-20(29)13-21(30)15-23)33-26(34-25)19-3-5-22(6-4-19)32-27(37)31-9-2-11-36/h3-6,13-16,18,36H,2,7-12,17H2,1H3,(H2,31,32,37)/t18-/m0/s1. The van der Waals surface area contributed by atoms with Gasteiger partial charge < -0.3 is 25.4 Å². The normalized spacial score (nSPS) is 18.1. The van der Waals surface area contributed by atoms with Gasteiger partial charge >= 0.3 is 6.03 Å². The number of ether oxygens (including phenoxy) is 1. The Labute approximate surface area is 236 Å². The molecule has 0 spiro atoms. The Bertz CT molecular complexity index is 1510. The third-order valence-electron chi connectivity index (χ3n) is 7.23. The Morgan fingerprint density at radius 1 is 1.12 bits per heavy atom. The minimum Gasteiger partial charge on any atom is -0.396 e. The largest absolute Gasteiger partial charge is 0.396 e. The zero-order valence-corrected chi connectivity index (χ0v) is 23.3. The maximum Gasteiger partial charge on any atom is 0.319 e. The summed E-state index contributed by atoms with van der Waals surface area (Å²) >= 11 is 0. The van der Waals surface area contributed by atoms with E-state index in [1.165, 1.54) is 0 Å². The zero-order chi connectivity index (χ0) is 29.2. The lowest BCUT2D eigenvalue weighted by Gasteiger charge is -2.34. The molecule has 13 heteroatoms. The van der Waals surface area contributed by atoms with Crippen molar-refractivity contribution in [1.29, 1.82) is 0 Å². The summed E-state index contributed by atoms with van der Waals surface area (Å²) in [4.78, 5) is 23.1. The van der Waals surface area contributed by atoms with Crippen LogP contribution in [-0.2, 0) is 19.3 Å². The molecule has 2 heterocycles. The summed E-state index contributed by atoms with van der Waals surface area (Å²) in [6.07, 6.45) is 0.933. The molecule has 0 radical (unpaired) electrons. The zero-order valence-electron chi connectivity index (χ0n) is 22.4. The van der Waals surface area contributed by atoms with Crippen LogP contribution in [0.3, 0.4) is 0 Å². The molecule has 1 saturated carbocycles. The van der Waals surface area contributed by atoms with Gasteiger partial charge in [-0.2, -0.15) is 0 Å². The van der Waals surface area contributed by atoms with Crippen molar-refractivity contribution in [3.63, 3.8) is 0 Å². The summed E-state index contributed by atoms with van der Waals surface area (Å²) in [6, 6.07) is 10.3. The fourth-order valence-electron chi connectivity index (χ4n) is 4.86. The Balaban J connectivity index is 1.52. The molecule has 2 fully saturated rings. The van der Waals surface area contributed by atoms with Crippen LogP contribution in [0.1, 0.15) is 31.9 Å². The molecule has 1 aliphatic heterocycles. The van der Waals surface area contributed by atoms with Crippen LogP contribution in [0.5, 0.6) is 0 Å². The first-order valence-corrected chi connectivity index (χ1v) is 14.8. The Morgan fingerprint density at radius 3 is 2.46 bits per heavy atom. The highest BCUT2D eigenvalue weighted by atomic mass is 32.2. The smallest absolute Gasteiger partial charge is 0.319 e. The summed E-state index contributed by atoms with van der Waals surface area (Å²) in [5.74, 6) is -1.14. The first kappa shape index (κ1) is 28.8. The van der Waals surface area contributed by atoms with E-state index >= 15 is 0 Å². The van der Waals surface area contributed by atoms with Gasteiger partial charge in [-0.1, -0.05) is 0 Å². The van der Waals surface area contributed by atoms with Crippen LogP contribution < -0.4 is 15.5 Å². The number of urea groups is 1.